The van der Waals surface area contributed by atoms with Crippen molar-refractivity contribution in [2.75, 3.05) is 0 Å². The van der Waals surface area contributed by atoms with Gasteiger partial charge >= 0.3 is 16.5 Å². The maximum absolute atomic E-state index is 11.3. The van der Waals surface area contributed by atoms with Crippen molar-refractivity contribution in [2.45, 2.75) is 13.8 Å². The Kier molecular flexibility index (Phi) is 6.90. The van der Waals surface area contributed by atoms with E-state index < -0.39 is 0 Å². The molecule has 0 amide bonds. The average Bonchev–Trinajstić information content (AvgIpc) is 3.13. The van der Waals surface area contributed by atoms with Crippen LogP contribution in [0.1, 0.15) is 36.1 Å². The predicted molar refractivity (Wildman–Crippen MR) is 106 cm³/mol. The van der Waals surface area contributed by atoms with Crippen molar-refractivity contribution in [2.24, 2.45) is 20.0 Å². The van der Waals surface area contributed by atoms with Gasteiger partial charge in [-0.1, -0.05) is 48.5 Å². The summed E-state index contributed by atoms with van der Waals surface area (Å²) in [6, 6.07) is 14.2. The molecule has 0 radical (unpaired) electrons. The Labute approximate surface area is 177 Å². The summed E-state index contributed by atoms with van der Waals surface area (Å²) in [4.78, 5) is 15.3. The second kappa shape index (κ2) is 9.16. The van der Waals surface area contributed by atoms with Crippen molar-refractivity contribution in [3.05, 3.63) is 70.8 Å². The van der Waals surface area contributed by atoms with Crippen LogP contribution in [0.2, 0.25) is 0 Å². The smallest absolute Gasteiger partial charge is 0.858 e. The summed E-state index contributed by atoms with van der Waals surface area (Å²) < 4.78 is 0. The third-order valence-corrected chi connectivity index (χ3v) is 3.76. The molecular weight excluding hydrogens is 415 g/mol. The Balaban J connectivity index is 0.000000200. The number of aliphatic imine (C=N–C) groups is 4. The van der Waals surface area contributed by atoms with Gasteiger partial charge in [0.2, 0.25) is 0 Å². The quantitative estimate of drug-likeness (QED) is 0.366. The molecule has 2 aliphatic rings. The molecule has 8 nitrogen and oxygen atoms in total. The van der Waals surface area contributed by atoms with Crippen LogP contribution in [-0.4, -0.2) is 35.1 Å². The molecule has 0 fully saturated rings. The topological polar surface area (TPSA) is 143 Å². The molecule has 0 aliphatic carbocycles. The fourth-order valence-corrected chi connectivity index (χ4v) is 2.65. The standard InChI is InChI=1S/2C10H9N3O.Ni/c2*1-6(11)12-9-7-4-2-3-5-8(7)10(14)13-9;/h2*2-5H,1H3,(H2,11,12,13,14);/q;;+2/p-2. The molecule has 148 valence electrons. The van der Waals surface area contributed by atoms with Crippen molar-refractivity contribution in [3.8, 4) is 0 Å². The molecule has 0 unspecified atom stereocenters. The fraction of sp³-hybridized carbons (Fsp3) is 0.100. The van der Waals surface area contributed by atoms with Crippen LogP contribution in [0.3, 0.4) is 0 Å². The Morgan fingerprint density at radius 3 is 1.31 bits per heavy atom. The van der Waals surface area contributed by atoms with E-state index in [4.69, 9.17) is 10.8 Å². The molecule has 9 heteroatoms. The molecule has 2 aromatic carbocycles. The third kappa shape index (κ3) is 4.89. The van der Waals surface area contributed by atoms with Gasteiger partial charge in [0.25, 0.3) is 0 Å². The van der Waals surface area contributed by atoms with Gasteiger partial charge in [0, 0.05) is 11.1 Å². The molecule has 0 saturated heterocycles. The van der Waals surface area contributed by atoms with E-state index in [0.29, 0.717) is 33.9 Å². The summed E-state index contributed by atoms with van der Waals surface area (Å²) in [7, 11) is 0. The molecule has 2 aliphatic heterocycles. The molecular formula is C20H16N6NiO2. The van der Waals surface area contributed by atoms with E-state index in [0.717, 1.165) is 0 Å². The molecule has 0 aromatic heterocycles. The number of nitrogens with one attached hydrogen (secondary N) is 2. The van der Waals surface area contributed by atoms with Crippen LogP contribution in [0.4, 0.5) is 0 Å². The number of fused-ring (bicyclic) bond motifs is 2. The third-order valence-electron chi connectivity index (χ3n) is 3.76. The molecule has 2 N–H and O–H groups in total. The SMILES string of the molecule is CC(=N)N=C1N=C([O-])c2ccccc21.CC(=N)N=C1N=C([O-])c2ccccc21.[Ni+2]. The minimum absolute atomic E-state index is 0. The van der Waals surface area contributed by atoms with E-state index in [-0.39, 0.29) is 40.0 Å². The molecule has 2 aromatic rings. The van der Waals surface area contributed by atoms with Gasteiger partial charge in [0.05, 0.1) is 0 Å². The van der Waals surface area contributed by atoms with Gasteiger partial charge in [0.15, 0.2) is 11.7 Å². The van der Waals surface area contributed by atoms with Crippen LogP contribution in [0.25, 0.3) is 0 Å². The molecule has 0 saturated carbocycles. The summed E-state index contributed by atoms with van der Waals surface area (Å²) in [6.45, 7) is 3.10. The van der Waals surface area contributed by atoms with Gasteiger partial charge in [-0.05, 0) is 36.8 Å². The van der Waals surface area contributed by atoms with E-state index in [1.54, 1.807) is 50.2 Å². The number of amidine groups is 4. The molecule has 29 heavy (non-hydrogen) atoms. The summed E-state index contributed by atoms with van der Waals surface area (Å²) in [5.41, 5.74) is 2.55. The first-order valence-corrected chi connectivity index (χ1v) is 8.35. The maximum atomic E-state index is 11.3. The van der Waals surface area contributed by atoms with Crippen molar-refractivity contribution in [3.63, 3.8) is 0 Å². The van der Waals surface area contributed by atoms with Crippen LogP contribution < -0.4 is 10.2 Å². The summed E-state index contributed by atoms with van der Waals surface area (Å²) in [5, 5.41) is 37.1. The van der Waals surface area contributed by atoms with E-state index in [1.165, 1.54) is 0 Å². The zero-order valence-corrected chi connectivity index (χ0v) is 16.5. The Hall–Kier alpha value is -3.45. The first kappa shape index (κ1) is 21.8. The second-order valence-electron chi connectivity index (χ2n) is 5.97. The fourth-order valence-electron chi connectivity index (χ4n) is 2.65. The molecule has 0 atom stereocenters. The van der Waals surface area contributed by atoms with Gasteiger partial charge in [-0.25, -0.2) is 20.0 Å². The van der Waals surface area contributed by atoms with Crippen LogP contribution in [-0.2, 0) is 16.5 Å². The number of benzene rings is 2. The van der Waals surface area contributed by atoms with Crippen LogP contribution in [0, 0.1) is 10.8 Å². The van der Waals surface area contributed by atoms with Gasteiger partial charge < -0.3 is 10.2 Å². The van der Waals surface area contributed by atoms with Gasteiger partial charge in [-0.3, -0.25) is 10.8 Å². The molecule has 2 heterocycles. The van der Waals surface area contributed by atoms with E-state index in [1.807, 2.05) is 12.1 Å². The van der Waals surface area contributed by atoms with Crippen molar-refractivity contribution in [1.29, 1.82) is 10.8 Å². The monoisotopic (exact) mass is 430 g/mol. The number of nitrogens with zero attached hydrogens (tertiary/aromatic N) is 4. The number of hydrogen-bond donors (Lipinski definition) is 2. The summed E-state index contributed by atoms with van der Waals surface area (Å²) >= 11 is 0. The minimum atomic E-state index is -0.277. The summed E-state index contributed by atoms with van der Waals surface area (Å²) in [5.74, 6) is 0.430. The van der Waals surface area contributed by atoms with E-state index >= 15 is 0 Å². The normalized spacial score (nSPS) is 16.1. The maximum Gasteiger partial charge on any atom is 2.00 e. The first-order valence-electron chi connectivity index (χ1n) is 8.35. The Morgan fingerprint density at radius 2 is 1.00 bits per heavy atom. The van der Waals surface area contributed by atoms with E-state index in [2.05, 4.69) is 20.0 Å². The second-order valence-corrected chi connectivity index (χ2v) is 5.97. The van der Waals surface area contributed by atoms with Gasteiger partial charge in [0.1, 0.15) is 11.7 Å². The minimum Gasteiger partial charge on any atom is -0.858 e. The van der Waals surface area contributed by atoms with Crippen LogP contribution in [0.5, 0.6) is 0 Å². The average molecular weight is 431 g/mol. The Morgan fingerprint density at radius 1 is 0.690 bits per heavy atom. The van der Waals surface area contributed by atoms with Crippen LogP contribution in [0.15, 0.2) is 68.5 Å². The number of rotatable bonds is 0. The van der Waals surface area contributed by atoms with Gasteiger partial charge in [-0.15, -0.1) is 0 Å². The zero-order valence-electron chi connectivity index (χ0n) is 15.5. The Bertz CT molecular complexity index is 1010. The largest absolute Gasteiger partial charge is 2.00 e. The van der Waals surface area contributed by atoms with Crippen LogP contribution >= 0.6 is 0 Å². The van der Waals surface area contributed by atoms with Crippen molar-refractivity contribution >= 4 is 35.1 Å². The molecule has 4 rings (SSSR count). The molecule has 0 spiro atoms. The van der Waals surface area contributed by atoms with Gasteiger partial charge in [-0.2, -0.15) is 0 Å². The van der Waals surface area contributed by atoms with Crippen molar-refractivity contribution in [1.82, 2.24) is 0 Å². The molecule has 0 bridgehead atoms. The zero-order chi connectivity index (χ0) is 20.3. The number of hydrogen-bond acceptors (Lipinski definition) is 4. The summed E-state index contributed by atoms with van der Waals surface area (Å²) in [6.07, 6.45) is 0. The van der Waals surface area contributed by atoms with Crippen molar-refractivity contribution < 1.29 is 26.7 Å². The predicted octanol–water partition coefficient (Wildman–Crippen LogP) is 1.10. The first-order chi connectivity index (χ1) is 13.4. The van der Waals surface area contributed by atoms with E-state index in [9.17, 15) is 10.2 Å².